The van der Waals surface area contributed by atoms with E-state index in [0.717, 1.165) is 24.4 Å². The van der Waals surface area contributed by atoms with Gasteiger partial charge in [-0.05, 0) is 63.9 Å². The van der Waals surface area contributed by atoms with Crippen LogP contribution >= 0.6 is 0 Å². The van der Waals surface area contributed by atoms with E-state index in [9.17, 15) is 4.79 Å². The summed E-state index contributed by atoms with van der Waals surface area (Å²) in [6.45, 7) is 5.08. The highest BCUT2D eigenvalue weighted by atomic mass is 16.5. The van der Waals surface area contributed by atoms with Crippen LogP contribution in [0.4, 0.5) is 5.69 Å². The molecule has 1 unspecified atom stereocenters. The molecule has 0 bridgehead atoms. The van der Waals surface area contributed by atoms with Crippen LogP contribution in [0.2, 0.25) is 0 Å². The average Bonchev–Trinajstić information content (AvgIpc) is 2.48. The molecule has 4 heteroatoms. The zero-order valence-electron chi connectivity index (χ0n) is 13.0. The van der Waals surface area contributed by atoms with Gasteiger partial charge in [0.15, 0.2) is 0 Å². The molecule has 0 aliphatic carbocycles. The third kappa shape index (κ3) is 5.76. The number of amides is 1. The molecule has 0 saturated carbocycles. The van der Waals surface area contributed by atoms with Crippen molar-refractivity contribution in [3.05, 3.63) is 24.3 Å². The third-order valence-corrected chi connectivity index (χ3v) is 3.64. The first kappa shape index (κ1) is 15.8. The molecule has 1 amide bonds. The molecule has 1 heterocycles. The molecule has 21 heavy (non-hydrogen) atoms. The highest BCUT2D eigenvalue weighted by molar-refractivity contribution is 5.90. The molecule has 1 aliphatic heterocycles. The van der Waals surface area contributed by atoms with Gasteiger partial charge in [-0.3, -0.25) is 4.79 Å². The molecule has 0 spiro atoms. The van der Waals surface area contributed by atoms with E-state index in [2.05, 4.69) is 10.6 Å². The van der Waals surface area contributed by atoms with Crippen molar-refractivity contribution in [1.29, 1.82) is 0 Å². The number of hydrogen-bond acceptors (Lipinski definition) is 3. The Morgan fingerprint density at radius 2 is 2.10 bits per heavy atom. The predicted molar refractivity (Wildman–Crippen MR) is 85.7 cm³/mol. The number of piperidine rings is 1. The van der Waals surface area contributed by atoms with E-state index in [4.69, 9.17) is 4.74 Å². The largest absolute Gasteiger partial charge is 0.491 e. The van der Waals surface area contributed by atoms with Gasteiger partial charge in [-0.15, -0.1) is 0 Å². The predicted octanol–water partition coefficient (Wildman–Crippen LogP) is 3.33. The Hall–Kier alpha value is -1.55. The highest BCUT2D eigenvalue weighted by Gasteiger charge is 2.14. The van der Waals surface area contributed by atoms with Gasteiger partial charge in [0.2, 0.25) is 5.91 Å². The molecule has 2 N–H and O–H groups in total. The Kier molecular flexibility index (Phi) is 6.05. The maximum atomic E-state index is 11.9. The summed E-state index contributed by atoms with van der Waals surface area (Å²) in [4.78, 5) is 11.9. The molecule has 1 aliphatic rings. The molecule has 1 fully saturated rings. The SMILES string of the molecule is CC(C)Oc1ccc(NC(=O)CCC2CCCCN2)cc1. The van der Waals surface area contributed by atoms with Crippen molar-refractivity contribution < 1.29 is 9.53 Å². The molecule has 1 aromatic carbocycles. The molecule has 2 rings (SSSR count). The second-order valence-corrected chi connectivity index (χ2v) is 5.92. The van der Waals surface area contributed by atoms with Gasteiger partial charge in [0.25, 0.3) is 0 Å². The number of nitrogens with one attached hydrogen (secondary N) is 2. The van der Waals surface area contributed by atoms with E-state index < -0.39 is 0 Å². The van der Waals surface area contributed by atoms with Crippen molar-refractivity contribution in [2.75, 3.05) is 11.9 Å². The summed E-state index contributed by atoms with van der Waals surface area (Å²) >= 11 is 0. The number of ether oxygens (including phenoxy) is 1. The van der Waals surface area contributed by atoms with Crippen LogP contribution in [0.1, 0.15) is 46.0 Å². The Bertz CT molecular complexity index is 437. The van der Waals surface area contributed by atoms with Gasteiger partial charge in [0.05, 0.1) is 6.10 Å². The average molecular weight is 290 g/mol. The second-order valence-electron chi connectivity index (χ2n) is 5.92. The summed E-state index contributed by atoms with van der Waals surface area (Å²) in [5.74, 6) is 0.911. The van der Waals surface area contributed by atoms with Crippen LogP contribution in [0.25, 0.3) is 0 Å². The van der Waals surface area contributed by atoms with Crippen LogP contribution < -0.4 is 15.4 Å². The number of benzene rings is 1. The zero-order chi connectivity index (χ0) is 15.1. The van der Waals surface area contributed by atoms with Crippen LogP contribution in [0.5, 0.6) is 5.75 Å². The van der Waals surface area contributed by atoms with Crippen molar-refractivity contribution in [3.63, 3.8) is 0 Å². The lowest BCUT2D eigenvalue weighted by atomic mass is 10.0. The van der Waals surface area contributed by atoms with Gasteiger partial charge in [0.1, 0.15) is 5.75 Å². The maximum absolute atomic E-state index is 11.9. The highest BCUT2D eigenvalue weighted by Crippen LogP contribution is 2.18. The summed E-state index contributed by atoms with van der Waals surface area (Å²) in [5.41, 5.74) is 0.827. The van der Waals surface area contributed by atoms with E-state index in [1.807, 2.05) is 38.1 Å². The Morgan fingerprint density at radius 1 is 1.33 bits per heavy atom. The zero-order valence-corrected chi connectivity index (χ0v) is 13.0. The van der Waals surface area contributed by atoms with E-state index in [0.29, 0.717) is 12.5 Å². The summed E-state index contributed by atoms with van der Waals surface area (Å²) in [5, 5.41) is 6.41. The first-order valence-electron chi connectivity index (χ1n) is 7.93. The molecule has 1 saturated heterocycles. The Balaban J connectivity index is 1.74. The standard InChI is InChI=1S/C17H26N2O2/c1-13(2)21-16-9-6-15(7-10-16)19-17(20)11-8-14-5-3-4-12-18-14/h6-7,9-10,13-14,18H,3-5,8,11-12H2,1-2H3,(H,19,20). The van der Waals surface area contributed by atoms with Crippen molar-refractivity contribution in [2.24, 2.45) is 0 Å². The Morgan fingerprint density at radius 3 is 2.71 bits per heavy atom. The van der Waals surface area contributed by atoms with Crippen LogP contribution in [-0.2, 0) is 4.79 Å². The molecule has 4 nitrogen and oxygen atoms in total. The minimum Gasteiger partial charge on any atom is -0.491 e. The number of carbonyl (C=O) groups excluding carboxylic acids is 1. The quantitative estimate of drug-likeness (QED) is 0.845. The summed E-state index contributed by atoms with van der Waals surface area (Å²) in [6.07, 6.45) is 5.37. The molecular formula is C17H26N2O2. The summed E-state index contributed by atoms with van der Waals surface area (Å²) in [7, 11) is 0. The molecular weight excluding hydrogens is 264 g/mol. The van der Waals surface area contributed by atoms with E-state index in [1.54, 1.807) is 0 Å². The fraction of sp³-hybridized carbons (Fsp3) is 0.588. The van der Waals surface area contributed by atoms with Gasteiger partial charge in [-0.1, -0.05) is 6.42 Å². The van der Waals surface area contributed by atoms with Gasteiger partial charge >= 0.3 is 0 Å². The van der Waals surface area contributed by atoms with Crippen LogP contribution in [0.3, 0.4) is 0 Å². The van der Waals surface area contributed by atoms with Crippen LogP contribution in [0.15, 0.2) is 24.3 Å². The lowest BCUT2D eigenvalue weighted by Crippen LogP contribution is -2.34. The molecule has 0 aromatic heterocycles. The molecule has 1 atom stereocenters. The van der Waals surface area contributed by atoms with Gasteiger partial charge < -0.3 is 15.4 Å². The second kappa shape index (κ2) is 8.03. The monoisotopic (exact) mass is 290 g/mol. The fourth-order valence-electron chi connectivity index (χ4n) is 2.59. The van der Waals surface area contributed by atoms with Gasteiger partial charge in [-0.25, -0.2) is 0 Å². The number of rotatable bonds is 6. The number of hydrogen-bond donors (Lipinski definition) is 2. The number of anilines is 1. The minimum atomic E-state index is 0.0832. The van der Waals surface area contributed by atoms with Crippen LogP contribution in [0, 0.1) is 0 Å². The normalized spacial score (nSPS) is 18.5. The van der Waals surface area contributed by atoms with E-state index in [-0.39, 0.29) is 12.0 Å². The van der Waals surface area contributed by atoms with Gasteiger partial charge in [0, 0.05) is 18.2 Å². The first-order valence-corrected chi connectivity index (χ1v) is 7.93. The maximum Gasteiger partial charge on any atom is 0.224 e. The van der Waals surface area contributed by atoms with Crippen molar-refractivity contribution in [1.82, 2.24) is 5.32 Å². The topological polar surface area (TPSA) is 50.4 Å². The van der Waals surface area contributed by atoms with Crippen molar-refractivity contribution in [2.45, 2.75) is 58.1 Å². The van der Waals surface area contributed by atoms with Crippen molar-refractivity contribution in [3.8, 4) is 5.75 Å². The van der Waals surface area contributed by atoms with Crippen molar-refractivity contribution >= 4 is 11.6 Å². The van der Waals surface area contributed by atoms with Gasteiger partial charge in [-0.2, -0.15) is 0 Å². The van der Waals surface area contributed by atoms with Crippen LogP contribution in [-0.4, -0.2) is 24.6 Å². The first-order chi connectivity index (χ1) is 10.1. The minimum absolute atomic E-state index is 0.0832. The Labute approximate surface area is 127 Å². The molecule has 0 radical (unpaired) electrons. The molecule has 1 aromatic rings. The lowest BCUT2D eigenvalue weighted by molar-refractivity contribution is -0.116. The van der Waals surface area contributed by atoms with E-state index in [1.165, 1.54) is 19.3 Å². The van der Waals surface area contributed by atoms with E-state index >= 15 is 0 Å². The third-order valence-electron chi connectivity index (χ3n) is 3.64. The number of carbonyl (C=O) groups is 1. The molecule has 116 valence electrons. The lowest BCUT2D eigenvalue weighted by Gasteiger charge is -2.23. The summed E-state index contributed by atoms with van der Waals surface area (Å²) in [6, 6.07) is 8.05. The summed E-state index contributed by atoms with van der Waals surface area (Å²) < 4.78 is 5.58. The smallest absolute Gasteiger partial charge is 0.224 e. The fourth-order valence-corrected chi connectivity index (χ4v) is 2.59.